The van der Waals surface area contributed by atoms with Gasteiger partial charge in [-0.1, -0.05) is 38.9 Å². The van der Waals surface area contributed by atoms with E-state index in [4.69, 9.17) is 4.52 Å². The molecule has 0 saturated carbocycles. The van der Waals surface area contributed by atoms with Crippen molar-refractivity contribution in [3.63, 3.8) is 0 Å². The Kier molecular flexibility index (Phi) is 2.51. The summed E-state index contributed by atoms with van der Waals surface area (Å²) >= 11 is 0. The highest BCUT2D eigenvalue weighted by molar-refractivity contribution is 5.80. The molecule has 0 fully saturated rings. The summed E-state index contributed by atoms with van der Waals surface area (Å²) in [5, 5.41) is 5.28. The SMILES string of the molecule is CC(C)c1ccc2onc(C(C)C)c2c1. The van der Waals surface area contributed by atoms with Crippen LogP contribution in [0, 0.1) is 0 Å². The van der Waals surface area contributed by atoms with Gasteiger partial charge >= 0.3 is 0 Å². The standard InChI is InChI=1S/C13H17NO/c1-8(2)10-5-6-12-11(7-10)13(9(3)4)14-15-12/h5-9H,1-4H3. The Labute approximate surface area is 90.3 Å². The summed E-state index contributed by atoms with van der Waals surface area (Å²) in [4.78, 5) is 0. The van der Waals surface area contributed by atoms with Crippen molar-refractivity contribution in [1.29, 1.82) is 0 Å². The molecule has 1 aromatic carbocycles. The van der Waals surface area contributed by atoms with E-state index in [1.807, 2.05) is 6.07 Å². The van der Waals surface area contributed by atoms with Crippen LogP contribution in [-0.2, 0) is 0 Å². The van der Waals surface area contributed by atoms with Crippen LogP contribution in [0.5, 0.6) is 0 Å². The van der Waals surface area contributed by atoms with E-state index in [1.165, 1.54) is 5.56 Å². The first kappa shape index (κ1) is 10.2. The summed E-state index contributed by atoms with van der Waals surface area (Å²) in [5.74, 6) is 0.956. The summed E-state index contributed by atoms with van der Waals surface area (Å²) in [7, 11) is 0. The van der Waals surface area contributed by atoms with Gasteiger partial charge in [-0.3, -0.25) is 0 Å². The fraction of sp³-hybridized carbons (Fsp3) is 0.462. The van der Waals surface area contributed by atoms with Gasteiger partial charge in [0.2, 0.25) is 0 Å². The van der Waals surface area contributed by atoms with Crippen LogP contribution in [0.1, 0.15) is 50.8 Å². The Morgan fingerprint density at radius 2 is 1.80 bits per heavy atom. The van der Waals surface area contributed by atoms with Crippen LogP contribution in [0.2, 0.25) is 0 Å². The number of nitrogens with zero attached hydrogens (tertiary/aromatic N) is 1. The van der Waals surface area contributed by atoms with Gasteiger partial charge in [-0.25, -0.2) is 0 Å². The first-order valence-corrected chi connectivity index (χ1v) is 5.49. The predicted octanol–water partition coefficient (Wildman–Crippen LogP) is 4.07. The molecule has 2 rings (SSSR count). The van der Waals surface area contributed by atoms with Crippen molar-refractivity contribution in [2.24, 2.45) is 0 Å². The Morgan fingerprint density at radius 3 is 2.40 bits per heavy atom. The summed E-state index contributed by atoms with van der Waals surface area (Å²) in [6, 6.07) is 6.33. The lowest BCUT2D eigenvalue weighted by atomic mass is 9.99. The zero-order valence-electron chi connectivity index (χ0n) is 9.74. The summed E-state index contributed by atoms with van der Waals surface area (Å²) < 4.78 is 5.30. The van der Waals surface area contributed by atoms with E-state index in [2.05, 4.69) is 45.0 Å². The van der Waals surface area contributed by atoms with Gasteiger partial charge in [0.25, 0.3) is 0 Å². The smallest absolute Gasteiger partial charge is 0.167 e. The zero-order valence-corrected chi connectivity index (χ0v) is 9.74. The largest absolute Gasteiger partial charge is 0.356 e. The topological polar surface area (TPSA) is 26.0 Å². The predicted molar refractivity (Wildman–Crippen MR) is 62.2 cm³/mol. The van der Waals surface area contributed by atoms with Crippen LogP contribution in [0.3, 0.4) is 0 Å². The highest BCUT2D eigenvalue weighted by Gasteiger charge is 2.12. The fourth-order valence-electron chi connectivity index (χ4n) is 1.75. The Bertz CT molecular complexity index is 468. The number of aromatic nitrogens is 1. The highest BCUT2D eigenvalue weighted by atomic mass is 16.5. The molecule has 2 nitrogen and oxygen atoms in total. The normalized spacial score (nSPS) is 11.9. The molecule has 0 radical (unpaired) electrons. The van der Waals surface area contributed by atoms with Gasteiger partial charge in [0.1, 0.15) is 0 Å². The average molecular weight is 203 g/mol. The minimum atomic E-state index is 0.411. The van der Waals surface area contributed by atoms with Crippen molar-refractivity contribution >= 4 is 11.0 Å². The van der Waals surface area contributed by atoms with Crippen molar-refractivity contribution in [3.8, 4) is 0 Å². The Hall–Kier alpha value is -1.31. The van der Waals surface area contributed by atoms with E-state index in [9.17, 15) is 0 Å². The van der Waals surface area contributed by atoms with Crippen LogP contribution in [0.4, 0.5) is 0 Å². The minimum absolute atomic E-state index is 0.411. The van der Waals surface area contributed by atoms with Crippen LogP contribution in [0.25, 0.3) is 11.0 Å². The lowest BCUT2D eigenvalue weighted by Gasteiger charge is -2.05. The number of rotatable bonds is 2. The van der Waals surface area contributed by atoms with Crippen molar-refractivity contribution in [2.75, 3.05) is 0 Å². The third-order valence-electron chi connectivity index (χ3n) is 2.74. The highest BCUT2D eigenvalue weighted by Crippen LogP contribution is 2.27. The Balaban J connectivity index is 2.61. The maximum absolute atomic E-state index is 5.30. The minimum Gasteiger partial charge on any atom is -0.356 e. The van der Waals surface area contributed by atoms with Crippen molar-refractivity contribution < 1.29 is 4.52 Å². The first-order chi connectivity index (χ1) is 7.09. The molecule has 0 unspecified atom stereocenters. The maximum atomic E-state index is 5.30. The van der Waals surface area contributed by atoms with E-state index in [1.54, 1.807) is 0 Å². The lowest BCUT2D eigenvalue weighted by Crippen LogP contribution is -1.89. The second kappa shape index (κ2) is 3.69. The second-order valence-corrected chi connectivity index (χ2v) is 4.63. The lowest BCUT2D eigenvalue weighted by molar-refractivity contribution is 0.441. The van der Waals surface area contributed by atoms with Crippen LogP contribution >= 0.6 is 0 Å². The molecule has 0 spiro atoms. The molecule has 0 N–H and O–H groups in total. The van der Waals surface area contributed by atoms with E-state index in [-0.39, 0.29) is 0 Å². The molecular weight excluding hydrogens is 186 g/mol. The summed E-state index contributed by atoms with van der Waals surface area (Å²) in [6.07, 6.45) is 0. The fourth-order valence-corrected chi connectivity index (χ4v) is 1.75. The molecule has 1 aromatic heterocycles. The van der Waals surface area contributed by atoms with E-state index < -0.39 is 0 Å². The van der Waals surface area contributed by atoms with E-state index in [0.717, 1.165) is 16.7 Å². The van der Waals surface area contributed by atoms with Gasteiger partial charge in [-0.05, 0) is 29.5 Å². The van der Waals surface area contributed by atoms with Gasteiger partial charge in [-0.2, -0.15) is 0 Å². The second-order valence-electron chi connectivity index (χ2n) is 4.63. The van der Waals surface area contributed by atoms with Gasteiger partial charge in [0, 0.05) is 5.39 Å². The molecule has 0 aliphatic rings. The number of fused-ring (bicyclic) bond motifs is 1. The van der Waals surface area contributed by atoms with Gasteiger partial charge in [0.15, 0.2) is 5.58 Å². The van der Waals surface area contributed by atoms with Crippen LogP contribution in [-0.4, -0.2) is 5.16 Å². The Morgan fingerprint density at radius 1 is 1.07 bits per heavy atom. The number of hydrogen-bond donors (Lipinski definition) is 0. The van der Waals surface area contributed by atoms with Crippen LogP contribution < -0.4 is 0 Å². The zero-order chi connectivity index (χ0) is 11.0. The number of hydrogen-bond acceptors (Lipinski definition) is 2. The summed E-state index contributed by atoms with van der Waals surface area (Å²) in [6.45, 7) is 8.67. The number of benzene rings is 1. The molecule has 0 aliphatic carbocycles. The van der Waals surface area contributed by atoms with E-state index >= 15 is 0 Å². The molecule has 1 heterocycles. The maximum Gasteiger partial charge on any atom is 0.167 e. The third kappa shape index (κ3) is 1.76. The molecule has 0 saturated heterocycles. The molecule has 0 atom stereocenters. The summed E-state index contributed by atoms with van der Waals surface area (Å²) in [5.41, 5.74) is 3.29. The van der Waals surface area contributed by atoms with Crippen molar-refractivity contribution in [2.45, 2.75) is 39.5 Å². The van der Waals surface area contributed by atoms with Gasteiger partial charge in [-0.15, -0.1) is 0 Å². The van der Waals surface area contributed by atoms with E-state index in [0.29, 0.717) is 11.8 Å². The van der Waals surface area contributed by atoms with Gasteiger partial charge < -0.3 is 4.52 Å². The van der Waals surface area contributed by atoms with Gasteiger partial charge in [0.05, 0.1) is 5.69 Å². The molecule has 15 heavy (non-hydrogen) atoms. The molecule has 2 aromatic rings. The molecule has 80 valence electrons. The molecule has 0 amide bonds. The third-order valence-corrected chi connectivity index (χ3v) is 2.74. The molecular formula is C13H17NO. The average Bonchev–Trinajstić information content (AvgIpc) is 2.59. The monoisotopic (exact) mass is 203 g/mol. The molecule has 2 heteroatoms. The molecule has 0 aliphatic heterocycles. The molecule has 0 bridgehead atoms. The van der Waals surface area contributed by atoms with Crippen molar-refractivity contribution in [3.05, 3.63) is 29.5 Å². The van der Waals surface area contributed by atoms with Crippen LogP contribution in [0.15, 0.2) is 22.7 Å². The van der Waals surface area contributed by atoms with Crippen molar-refractivity contribution in [1.82, 2.24) is 5.16 Å². The first-order valence-electron chi connectivity index (χ1n) is 5.49. The quantitative estimate of drug-likeness (QED) is 0.735.